The van der Waals surface area contributed by atoms with Crippen molar-refractivity contribution in [2.75, 3.05) is 20.3 Å². The van der Waals surface area contributed by atoms with Crippen molar-refractivity contribution in [1.82, 2.24) is 0 Å². The Kier molecular flexibility index (Phi) is 3.46. The Bertz CT molecular complexity index is 394. The van der Waals surface area contributed by atoms with Crippen LogP contribution in [0.25, 0.3) is 0 Å². The summed E-state index contributed by atoms with van der Waals surface area (Å²) in [6.45, 7) is 0.719. The Hall–Kier alpha value is -1.78. The largest absolute Gasteiger partial charge is 0.490 e. The van der Waals surface area contributed by atoms with Gasteiger partial charge in [0.15, 0.2) is 5.76 Å². The van der Waals surface area contributed by atoms with E-state index in [4.69, 9.17) is 9.47 Å². The van der Waals surface area contributed by atoms with Gasteiger partial charge in [0.1, 0.15) is 18.7 Å². The summed E-state index contributed by atoms with van der Waals surface area (Å²) < 4.78 is 15.5. The van der Waals surface area contributed by atoms with Crippen molar-refractivity contribution in [3.63, 3.8) is 0 Å². The topological polar surface area (TPSA) is 61.8 Å². The SMILES string of the molecule is COC(=O)CC1=CC2=C(CC(C=O)CO2)OC1. The zero-order chi connectivity index (χ0) is 12.3. The van der Waals surface area contributed by atoms with E-state index < -0.39 is 0 Å². The van der Waals surface area contributed by atoms with Gasteiger partial charge >= 0.3 is 5.97 Å². The molecule has 0 aromatic rings. The third kappa shape index (κ3) is 2.67. The number of ether oxygens (including phenoxy) is 3. The first-order valence-electron chi connectivity index (χ1n) is 5.43. The second-order valence-electron chi connectivity index (χ2n) is 4.04. The molecule has 0 fully saturated rings. The minimum absolute atomic E-state index is 0.135. The Labute approximate surface area is 99.0 Å². The number of aldehydes is 1. The second kappa shape index (κ2) is 5.03. The maximum Gasteiger partial charge on any atom is 0.309 e. The van der Waals surface area contributed by atoms with Crippen molar-refractivity contribution in [1.29, 1.82) is 0 Å². The molecule has 92 valence electrons. The molecule has 0 spiro atoms. The van der Waals surface area contributed by atoms with E-state index in [2.05, 4.69) is 4.74 Å². The summed E-state index contributed by atoms with van der Waals surface area (Å²) in [6, 6.07) is 0. The standard InChI is InChI=1S/C12H14O5/c1-15-12(14)4-8-2-10-11(16-6-8)3-9(5-13)7-17-10/h2,5,9H,3-4,6-7H2,1H3. The van der Waals surface area contributed by atoms with Crippen LogP contribution in [0.4, 0.5) is 0 Å². The van der Waals surface area contributed by atoms with Gasteiger partial charge < -0.3 is 19.0 Å². The number of esters is 1. The third-order valence-corrected chi connectivity index (χ3v) is 2.73. The predicted molar refractivity (Wildman–Crippen MR) is 57.8 cm³/mol. The summed E-state index contributed by atoms with van der Waals surface area (Å²) in [6.07, 6.45) is 3.45. The lowest BCUT2D eigenvalue weighted by Crippen LogP contribution is -2.23. The molecule has 0 bridgehead atoms. The highest BCUT2D eigenvalue weighted by Crippen LogP contribution is 2.29. The maximum absolute atomic E-state index is 11.1. The highest BCUT2D eigenvalue weighted by molar-refractivity contribution is 5.72. The molecular weight excluding hydrogens is 224 g/mol. The number of allylic oxidation sites excluding steroid dienone is 2. The number of methoxy groups -OCH3 is 1. The number of hydrogen-bond acceptors (Lipinski definition) is 5. The minimum atomic E-state index is -0.300. The average molecular weight is 238 g/mol. The molecule has 0 aliphatic carbocycles. The third-order valence-electron chi connectivity index (χ3n) is 2.73. The molecule has 0 amide bonds. The van der Waals surface area contributed by atoms with Gasteiger partial charge in [0, 0.05) is 6.42 Å². The molecule has 1 atom stereocenters. The van der Waals surface area contributed by atoms with Crippen molar-refractivity contribution in [2.45, 2.75) is 12.8 Å². The van der Waals surface area contributed by atoms with Gasteiger partial charge in [-0.3, -0.25) is 4.79 Å². The van der Waals surface area contributed by atoms with Gasteiger partial charge in [-0.2, -0.15) is 0 Å². The molecule has 5 heteroatoms. The van der Waals surface area contributed by atoms with Gasteiger partial charge in [-0.1, -0.05) is 0 Å². The number of carbonyl (C=O) groups excluding carboxylic acids is 2. The quantitative estimate of drug-likeness (QED) is 0.541. The van der Waals surface area contributed by atoms with Crippen LogP contribution in [0.5, 0.6) is 0 Å². The molecule has 2 aliphatic heterocycles. The summed E-state index contributed by atoms with van der Waals surface area (Å²) >= 11 is 0. The van der Waals surface area contributed by atoms with Crippen molar-refractivity contribution in [3.05, 3.63) is 23.2 Å². The van der Waals surface area contributed by atoms with Gasteiger partial charge in [-0.25, -0.2) is 0 Å². The summed E-state index contributed by atoms with van der Waals surface area (Å²) in [7, 11) is 1.35. The van der Waals surface area contributed by atoms with E-state index in [1.165, 1.54) is 7.11 Å². The van der Waals surface area contributed by atoms with Crippen LogP contribution < -0.4 is 0 Å². The van der Waals surface area contributed by atoms with Crippen LogP contribution in [0.3, 0.4) is 0 Å². The number of rotatable bonds is 3. The molecule has 1 unspecified atom stereocenters. The molecule has 2 heterocycles. The molecule has 0 saturated carbocycles. The number of hydrogen-bond donors (Lipinski definition) is 0. The van der Waals surface area contributed by atoms with Crippen molar-refractivity contribution >= 4 is 12.3 Å². The molecule has 0 aromatic carbocycles. The zero-order valence-corrected chi connectivity index (χ0v) is 9.60. The van der Waals surface area contributed by atoms with Gasteiger partial charge in [0.25, 0.3) is 0 Å². The summed E-state index contributed by atoms with van der Waals surface area (Å²) in [5.41, 5.74) is 0.820. The van der Waals surface area contributed by atoms with Crippen LogP contribution in [-0.2, 0) is 23.8 Å². The smallest absolute Gasteiger partial charge is 0.309 e. The fourth-order valence-electron chi connectivity index (χ4n) is 1.78. The van der Waals surface area contributed by atoms with Crippen molar-refractivity contribution in [2.24, 2.45) is 5.92 Å². The van der Waals surface area contributed by atoms with E-state index in [-0.39, 0.29) is 18.3 Å². The number of carbonyl (C=O) groups is 2. The van der Waals surface area contributed by atoms with Crippen LogP contribution in [0, 0.1) is 5.92 Å². The normalized spacial score (nSPS) is 22.9. The summed E-state index contributed by atoms with van der Waals surface area (Å²) in [5.74, 6) is 0.894. The van der Waals surface area contributed by atoms with Crippen molar-refractivity contribution in [3.8, 4) is 0 Å². The predicted octanol–water partition coefficient (Wildman–Crippen LogP) is 0.953. The first kappa shape index (κ1) is 11.7. The fraction of sp³-hybridized carbons (Fsp3) is 0.500. The molecule has 17 heavy (non-hydrogen) atoms. The van der Waals surface area contributed by atoms with Gasteiger partial charge in [0.05, 0.1) is 26.1 Å². The van der Waals surface area contributed by atoms with E-state index >= 15 is 0 Å². The van der Waals surface area contributed by atoms with Crippen LogP contribution in [0.2, 0.25) is 0 Å². The van der Waals surface area contributed by atoms with E-state index in [1.54, 1.807) is 6.08 Å². The van der Waals surface area contributed by atoms with Crippen LogP contribution in [0.1, 0.15) is 12.8 Å². The lowest BCUT2D eigenvalue weighted by Gasteiger charge is -2.27. The van der Waals surface area contributed by atoms with Gasteiger partial charge in [0.2, 0.25) is 0 Å². The lowest BCUT2D eigenvalue weighted by atomic mass is 10.0. The highest BCUT2D eigenvalue weighted by atomic mass is 16.5. The molecule has 0 N–H and O–H groups in total. The Morgan fingerprint density at radius 3 is 3.12 bits per heavy atom. The van der Waals surface area contributed by atoms with E-state index in [0.29, 0.717) is 31.2 Å². The van der Waals surface area contributed by atoms with Crippen LogP contribution in [-0.4, -0.2) is 32.6 Å². The molecular formula is C12H14O5. The molecule has 0 radical (unpaired) electrons. The molecule has 2 rings (SSSR count). The zero-order valence-electron chi connectivity index (χ0n) is 9.60. The monoisotopic (exact) mass is 238 g/mol. The first-order valence-corrected chi connectivity index (χ1v) is 5.43. The summed E-state index contributed by atoms with van der Waals surface area (Å²) in [4.78, 5) is 21.8. The maximum atomic E-state index is 11.1. The average Bonchev–Trinajstić information content (AvgIpc) is 2.38. The van der Waals surface area contributed by atoms with E-state index in [1.807, 2.05) is 0 Å². The lowest BCUT2D eigenvalue weighted by molar-refractivity contribution is -0.139. The van der Waals surface area contributed by atoms with Crippen LogP contribution >= 0.6 is 0 Å². The molecule has 2 aliphatic rings. The first-order chi connectivity index (χ1) is 8.22. The molecule has 5 nitrogen and oxygen atoms in total. The minimum Gasteiger partial charge on any atom is -0.490 e. The Morgan fingerprint density at radius 1 is 1.59 bits per heavy atom. The molecule has 0 aromatic heterocycles. The van der Waals surface area contributed by atoms with E-state index in [9.17, 15) is 9.59 Å². The fourth-order valence-corrected chi connectivity index (χ4v) is 1.78. The van der Waals surface area contributed by atoms with Crippen LogP contribution in [0.15, 0.2) is 23.2 Å². The van der Waals surface area contributed by atoms with Crippen molar-refractivity contribution < 1.29 is 23.8 Å². The Morgan fingerprint density at radius 2 is 2.41 bits per heavy atom. The highest BCUT2D eigenvalue weighted by Gasteiger charge is 2.26. The van der Waals surface area contributed by atoms with Gasteiger partial charge in [-0.15, -0.1) is 0 Å². The molecule has 0 saturated heterocycles. The van der Waals surface area contributed by atoms with E-state index in [0.717, 1.165) is 11.9 Å². The summed E-state index contributed by atoms with van der Waals surface area (Å²) in [5, 5.41) is 0. The van der Waals surface area contributed by atoms with Gasteiger partial charge in [-0.05, 0) is 11.6 Å². The second-order valence-corrected chi connectivity index (χ2v) is 4.04. The Balaban J connectivity index is 2.07.